The Morgan fingerprint density at radius 3 is 2.18 bits per heavy atom. The summed E-state index contributed by atoms with van der Waals surface area (Å²) >= 11 is 0. The Bertz CT molecular complexity index is 1220. The molecule has 4 rings (SSSR count). The zero-order chi connectivity index (χ0) is 24.1. The first-order valence-electron chi connectivity index (χ1n) is 10.9. The van der Waals surface area contributed by atoms with Gasteiger partial charge in [0.15, 0.2) is 0 Å². The first-order valence-corrected chi connectivity index (χ1v) is 12.4. The van der Waals surface area contributed by atoms with Crippen molar-refractivity contribution >= 4 is 33.0 Å². The van der Waals surface area contributed by atoms with Crippen LogP contribution in [0.4, 0.5) is 21.5 Å². The van der Waals surface area contributed by atoms with Crippen LogP contribution in [0, 0.1) is 5.82 Å². The zero-order valence-corrected chi connectivity index (χ0v) is 19.6. The maximum atomic E-state index is 13.5. The topological polar surface area (TPSA) is 79.0 Å². The number of sulfonamides is 1. The molecule has 1 fully saturated rings. The van der Waals surface area contributed by atoms with E-state index in [1.165, 1.54) is 56.3 Å². The average Bonchev–Trinajstić information content (AvgIpc) is 3.39. The third-order valence-electron chi connectivity index (χ3n) is 5.67. The molecule has 1 aliphatic heterocycles. The molecule has 0 radical (unpaired) electrons. The molecule has 0 aromatic heterocycles. The lowest BCUT2D eigenvalue weighted by atomic mass is 10.2. The fourth-order valence-electron chi connectivity index (χ4n) is 3.86. The number of nitrogens with zero attached hydrogens (tertiary/aromatic N) is 2. The van der Waals surface area contributed by atoms with Gasteiger partial charge in [0, 0.05) is 24.5 Å². The summed E-state index contributed by atoms with van der Waals surface area (Å²) in [5, 5.41) is 2.76. The van der Waals surface area contributed by atoms with E-state index in [1.54, 1.807) is 12.1 Å². The van der Waals surface area contributed by atoms with Gasteiger partial charge in [-0.3, -0.25) is 9.10 Å². The van der Waals surface area contributed by atoms with Gasteiger partial charge in [0.05, 0.1) is 17.7 Å². The maximum absolute atomic E-state index is 13.5. The smallest absolute Gasteiger partial charge is 0.264 e. The molecule has 0 atom stereocenters. The van der Waals surface area contributed by atoms with E-state index in [-0.39, 0.29) is 10.6 Å². The van der Waals surface area contributed by atoms with Crippen LogP contribution in [-0.4, -0.2) is 41.1 Å². The number of methoxy groups -OCH3 is 1. The largest absolute Gasteiger partial charge is 0.497 e. The molecule has 1 aliphatic rings. The minimum Gasteiger partial charge on any atom is -0.497 e. The van der Waals surface area contributed by atoms with Crippen LogP contribution in [0.5, 0.6) is 5.75 Å². The molecule has 0 spiro atoms. The van der Waals surface area contributed by atoms with Crippen LogP contribution in [0.3, 0.4) is 0 Å². The average molecular weight is 484 g/mol. The molecule has 1 saturated heterocycles. The van der Waals surface area contributed by atoms with Gasteiger partial charge in [-0.1, -0.05) is 0 Å². The second-order valence-corrected chi connectivity index (χ2v) is 9.82. The maximum Gasteiger partial charge on any atom is 0.264 e. The number of ether oxygens (including phenoxy) is 1. The number of hydrogen-bond acceptors (Lipinski definition) is 5. The summed E-state index contributed by atoms with van der Waals surface area (Å²) < 4.78 is 46.3. The first kappa shape index (κ1) is 23.6. The third kappa shape index (κ3) is 5.31. The van der Waals surface area contributed by atoms with Gasteiger partial charge in [0.2, 0.25) is 5.91 Å². The van der Waals surface area contributed by atoms with Gasteiger partial charge < -0.3 is 15.0 Å². The van der Waals surface area contributed by atoms with Crippen molar-refractivity contribution in [2.24, 2.45) is 0 Å². The van der Waals surface area contributed by atoms with Gasteiger partial charge in [-0.05, 0) is 85.6 Å². The summed E-state index contributed by atoms with van der Waals surface area (Å²) in [7, 11) is -2.63. The van der Waals surface area contributed by atoms with Crippen LogP contribution < -0.4 is 19.3 Å². The van der Waals surface area contributed by atoms with E-state index in [9.17, 15) is 17.6 Å². The van der Waals surface area contributed by atoms with Gasteiger partial charge >= 0.3 is 0 Å². The molecule has 1 amide bonds. The van der Waals surface area contributed by atoms with Crippen LogP contribution in [0.25, 0.3) is 0 Å². The number of anilines is 3. The van der Waals surface area contributed by atoms with Gasteiger partial charge in [-0.25, -0.2) is 12.8 Å². The Morgan fingerprint density at radius 1 is 0.971 bits per heavy atom. The quantitative estimate of drug-likeness (QED) is 0.518. The number of rotatable bonds is 8. The van der Waals surface area contributed by atoms with E-state index in [2.05, 4.69) is 10.2 Å². The standard InChI is InChI=1S/C25H26FN3O4S/c1-33-23-12-14-24(15-13-23)34(31,32)29(22-8-4-19(26)5-9-22)18-25(30)27-20-6-10-21(11-7-20)28-16-2-3-17-28/h4-15H,2-3,16-18H2,1H3,(H,27,30). The van der Waals surface area contributed by atoms with E-state index in [0.717, 1.165) is 35.2 Å². The van der Waals surface area contributed by atoms with E-state index in [1.807, 2.05) is 12.1 Å². The van der Waals surface area contributed by atoms with Crippen LogP contribution >= 0.6 is 0 Å². The summed E-state index contributed by atoms with van der Waals surface area (Å²) in [6.45, 7) is 1.55. The molecule has 0 saturated carbocycles. The van der Waals surface area contributed by atoms with Crippen molar-refractivity contribution in [3.05, 3.63) is 78.6 Å². The highest BCUT2D eigenvalue weighted by Gasteiger charge is 2.27. The minimum absolute atomic E-state index is 0.0135. The number of amides is 1. The fourth-order valence-corrected chi connectivity index (χ4v) is 5.28. The highest BCUT2D eigenvalue weighted by molar-refractivity contribution is 7.92. The van der Waals surface area contributed by atoms with Crippen molar-refractivity contribution in [1.29, 1.82) is 0 Å². The summed E-state index contributed by atoms with van der Waals surface area (Å²) in [6, 6.07) is 18.3. The summed E-state index contributed by atoms with van der Waals surface area (Å²) in [5.74, 6) is -0.522. The van der Waals surface area contributed by atoms with Crippen LogP contribution in [0.1, 0.15) is 12.8 Å². The molecular weight excluding hydrogens is 457 g/mol. The minimum atomic E-state index is -4.11. The third-order valence-corrected chi connectivity index (χ3v) is 7.46. The van der Waals surface area contributed by atoms with E-state index >= 15 is 0 Å². The molecule has 1 N–H and O–H groups in total. The van der Waals surface area contributed by atoms with Crippen molar-refractivity contribution in [3.63, 3.8) is 0 Å². The lowest BCUT2D eigenvalue weighted by molar-refractivity contribution is -0.114. The monoisotopic (exact) mass is 483 g/mol. The van der Waals surface area contributed by atoms with Gasteiger partial charge in [0.25, 0.3) is 10.0 Å². The molecule has 0 bridgehead atoms. The van der Waals surface area contributed by atoms with Gasteiger partial charge in [-0.2, -0.15) is 0 Å². The summed E-state index contributed by atoms with van der Waals surface area (Å²) in [6.07, 6.45) is 2.33. The first-order chi connectivity index (χ1) is 16.4. The van der Waals surface area contributed by atoms with Crippen molar-refractivity contribution in [1.82, 2.24) is 0 Å². The molecule has 0 unspecified atom stereocenters. The molecule has 178 valence electrons. The number of hydrogen-bond donors (Lipinski definition) is 1. The number of carbonyl (C=O) groups excluding carboxylic acids is 1. The van der Waals surface area contributed by atoms with Crippen molar-refractivity contribution in [3.8, 4) is 5.75 Å². The van der Waals surface area contributed by atoms with Gasteiger partial charge in [-0.15, -0.1) is 0 Å². The van der Waals surface area contributed by atoms with Crippen molar-refractivity contribution in [2.45, 2.75) is 17.7 Å². The molecule has 9 heteroatoms. The Labute approximate surface area is 198 Å². The van der Waals surface area contributed by atoms with E-state index in [4.69, 9.17) is 4.74 Å². The van der Waals surface area contributed by atoms with Crippen molar-refractivity contribution in [2.75, 3.05) is 41.3 Å². The number of nitrogens with one attached hydrogen (secondary N) is 1. The number of halogens is 1. The van der Waals surface area contributed by atoms with E-state index in [0.29, 0.717) is 11.4 Å². The number of benzene rings is 3. The Balaban J connectivity index is 1.55. The SMILES string of the molecule is COc1ccc(S(=O)(=O)N(CC(=O)Nc2ccc(N3CCCC3)cc2)c2ccc(F)cc2)cc1. The zero-order valence-electron chi connectivity index (χ0n) is 18.8. The molecule has 7 nitrogen and oxygen atoms in total. The molecular formula is C25H26FN3O4S. The van der Waals surface area contributed by atoms with E-state index < -0.39 is 28.3 Å². The highest BCUT2D eigenvalue weighted by Crippen LogP contribution is 2.26. The van der Waals surface area contributed by atoms with Crippen LogP contribution in [-0.2, 0) is 14.8 Å². The normalized spacial score (nSPS) is 13.5. The molecule has 34 heavy (non-hydrogen) atoms. The van der Waals surface area contributed by atoms with Crippen LogP contribution in [0.2, 0.25) is 0 Å². The van der Waals surface area contributed by atoms with Crippen LogP contribution in [0.15, 0.2) is 77.7 Å². The molecule has 0 aliphatic carbocycles. The lowest BCUT2D eigenvalue weighted by Gasteiger charge is -2.24. The lowest BCUT2D eigenvalue weighted by Crippen LogP contribution is -2.38. The Kier molecular flexibility index (Phi) is 7.02. The summed E-state index contributed by atoms with van der Waals surface area (Å²) in [5.41, 5.74) is 1.83. The molecule has 3 aromatic carbocycles. The second kappa shape index (κ2) is 10.1. The second-order valence-electron chi connectivity index (χ2n) is 7.95. The fraction of sp³-hybridized carbons (Fsp3) is 0.240. The molecule has 1 heterocycles. The number of carbonyl (C=O) groups is 1. The predicted molar refractivity (Wildman–Crippen MR) is 130 cm³/mol. The van der Waals surface area contributed by atoms with Gasteiger partial charge in [0.1, 0.15) is 18.1 Å². The Morgan fingerprint density at radius 2 is 1.59 bits per heavy atom. The summed E-state index contributed by atoms with van der Waals surface area (Å²) in [4.78, 5) is 15.1. The molecule has 3 aromatic rings. The Hall–Kier alpha value is -3.59. The van der Waals surface area contributed by atoms with Crippen molar-refractivity contribution < 1.29 is 22.3 Å². The highest BCUT2D eigenvalue weighted by atomic mass is 32.2. The predicted octanol–water partition coefficient (Wildman–Crippen LogP) is 4.27.